The molecule has 0 nitrogen and oxygen atoms in total. The molecule has 0 unspecified atom stereocenters. The molecule has 22 heavy (non-hydrogen) atoms. The van der Waals surface area contributed by atoms with Gasteiger partial charge in [0.1, 0.15) is 5.82 Å². The average molecular weight is 487 g/mol. The van der Waals surface area contributed by atoms with E-state index < -0.39 is 17.5 Å². The Bertz CT molecular complexity index is 786. The van der Waals surface area contributed by atoms with Crippen LogP contribution in [0.3, 0.4) is 0 Å². The Balaban J connectivity index is 0.00000176. The summed E-state index contributed by atoms with van der Waals surface area (Å²) in [6.07, 6.45) is 0. The predicted octanol–water partition coefficient (Wildman–Crippen LogP) is 4.66. The van der Waals surface area contributed by atoms with Gasteiger partial charge in [0.2, 0.25) is 0 Å². The van der Waals surface area contributed by atoms with Gasteiger partial charge in [0.25, 0.3) is 0 Å². The molecule has 0 aromatic heterocycles. The maximum absolute atomic E-state index is 14.2. The van der Waals surface area contributed by atoms with Crippen LogP contribution < -0.4 is 0 Å². The van der Waals surface area contributed by atoms with Gasteiger partial charge in [0.15, 0.2) is 11.6 Å². The third kappa shape index (κ3) is 3.33. The molecular formula is C18H9F3Tl. The summed E-state index contributed by atoms with van der Waals surface area (Å²) < 4.78 is 40.4. The van der Waals surface area contributed by atoms with Crippen LogP contribution in [-0.2, 0) is 0 Å². The van der Waals surface area contributed by atoms with Crippen molar-refractivity contribution in [3.8, 4) is 22.3 Å². The van der Waals surface area contributed by atoms with Crippen LogP contribution in [0, 0.1) is 29.6 Å². The Kier molecular flexibility index (Phi) is 5.25. The number of benzene rings is 2. The minimum absolute atomic E-state index is 0. The second kappa shape index (κ2) is 6.97. The minimum Gasteiger partial charge on any atom is -0.206 e. The molecule has 0 fully saturated rings. The van der Waals surface area contributed by atoms with Gasteiger partial charge < -0.3 is 0 Å². The van der Waals surface area contributed by atoms with Crippen LogP contribution in [0.1, 0.15) is 0 Å². The zero-order valence-corrected chi connectivity index (χ0v) is 15.9. The molecule has 0 N–H and O–H groups in total. The fourth-order valence-electron chi connectivity index (χ4n) is 2.12. The Morgan fingerprint density at radius 1 is 0.636 bits per heavy atom. The average Bonchev–Trinajstić information content (AvgIpc) is 2.51. The van der Waals surface area contributed by atoms with Crippen molar-refractivity contribution in [2.75, 3.05) is 0 Å². The molecule has 0 bridgehead atoms. The third-order valence-electron chi connectivity index (χ3n) is 3.19. The van der Waals surface area contributed by atoms with E-state index in [1.54, 1.807) is 30.3 Å². The SMILES string of the molecule is Fc1ccc(-c2ccc(-c3cc#ccc3)cc2F)cc1F.[Tl]. The van der Waals surface area contributed by atoms with Gasteiger partial charge in [-0.2, -0.15) is 0 Å². The van der Waals surface area contributed by atoms with E-state index in [0.717, 1.165) is 17.7 Å². The van der Waals surface area contributed by atoms with Crippen molar-refractivity contribution in [2.24, 2.45) is 0 Å². The van der Waals surface area contributed by atoms with Gasteiger partial charge in [0.05, 0.1) is 0 Å². The monoisotopic (exact) mass is 487 g/mol. The molecular weight excluding hydrogens is 478 g/mol. The number of rotatable bonds is 2. The second-order valence-electron chi connectivity index (χ2n) is 4.55. The Morgan fingerprint density at radius 3 is 2.00 bits per heavy atom. The number of halogens is 3. The van der Waals surface area contributed by atoms with Crippen molar-refractivity contribution >= 4 is 27.3 Å². The minimum atomic E-state index is -0.996. The molecule has 0 spiro atoms. The topological polar surface area (TPSA) is 0 Å². The van der Waals surface area contributed by atoms with Crippen LogP contribution in [0.4, 0.5) is 13.2 Å². The molecule has 0 aliphatic rings. The van der Waals surface area contributed by atoms with E-state index >= 15 is 0 Å². The summed E-state index contributed by atoms with van der Waals surface area (Å²) in [7, 11) is 0. The van der Waals surface area contributed by atoms with Crippen molar-refractivity contribution < 1.29 is 13.2 Å². The standard InChI is InChI=1S/C18H9F3.Tl/c19-16-9-7-14(11-18(16)21)15-8-6-13(10-17(15)20)12-4-2-1-3-5-12;/h2,4-11H;. The van der Waals surface area contributed by atoms with Crippen LogP contribution in [0.15, 0.2) is 54.6 Å². The molecule has 0 atom stereocenters. The van der Waals surface area contributed by atoms with E-state index in [0.29, 0.717) is 11.1 Å². The second-order valence-corrected chi connectivity index (χ2v) is 4.55. The number of hydrogen-bond donors (Lipinski definition) is 0. The Labute approximate surface area is 146 Å². The first-order valence-corrected chi connectivity index (χ1v) is 6.28. The van der Waals surface area contributed by atoms with Gasteiger partial charge in [-0.25, -0.2) is 13.2 Å². The van der Waals surface area contributed by atoms with Crippen LogP contribution in [-0.4, -0.2) is 27.3 Å². The first-order valence-electron chi connectivity index (χ1n) is 6.28. The van der Waals surface area contributed by atoms with Gasteiger partial charge in [-0.3, -0.25) is 0 Å². The maximum Gasteiger partial charge on any atom is 0.159 e. The smallest absolute Gasteiger partial charge is 0.159 e. The summed E-state index contributed by atoms with van der Waals surface area (Å²) in [5.74, 6) is -2.44. The van der Waals surface area contributed by atoms with E-state index in [1.807, 2.05) is 0 Å². The summed E-state index contributed by atoms with van der Waals surface area (Å²) in [4.78, 5) is 0. The normalized spacial score (nSPS) is 9.77. The van der Waals surface area contributed by atoms with Crippen molar-refractivity contribution in [1.82, 2.24) is 0 Å². The summed E-state index contributed by atoms with van der Waals surface area (Å²) in [5, 5.41) is 0. The summed E-state index contributed by atoms with van der Waals surface area (Å²) in [5.41, 5.74) is 2.02. The fraction of sp³-hybridized carbons (Fsp3) is 0. The molecule has 3 rings (SSSR count). The first-order chi connectivity index (χ1) is 10.1. The molecule has 4 heteroatoms. The van der Waals surface area contributed by atoms with Crippen LogP contribution in [0.25, 0.3) is 22.3 Å². The molecule has 0 aliphatic carbocycles. The fourth-order valence-corrected chi connectivity index (χ4v) is 2.12. The predicted molar refractivity (Wildman–Crippen MR) is 80.6 cm³/mol. The summed E-state index contributed by atoms with van der Waals surface area (Å²) >= 11 is 0. The van der Waals surface area contributed by atoms with Crippen molar-refractivity contribution in [2.45, 2.75) is 0 Å². The van der Waals surface area contributed by atoms with Crippen molar-refractivity contribution in [3.63, 3.8) is 0 Å². The van der Waals surface area contributed by atoms with Gasteiger partial charge in [-0.15, -0.1) is 0 Å². The van der Waals surface area contributed by atoms with E-state index in [9.17, 15) is 13.2 Å². The van der Waals surface area contributed by atoms with Gasteiger partial charge in [-0.05, 0) is 53.1 Å². The van der Waals surface area contributed by atoms with Crippen LogP contribution >= 0.6 is 0 Å². The van der Waals surface area contributed by atoms with Crippen LogP contribution in [0.5, 0.6) is 0 Å². The van der Waals surface area contributed by atoms with Gasteiger partial charge in [-0.1, -0.05) is 30.3 Å². The van der Waals surface area contributed by atoms with E-state index in [-0.39, 0.29) is 32.9 Å². The Morgan fingerprint density at radius 2 is 1.36 bits per heavy atom. The molecule has 105 valence electrons. The first kappa shape index (κ1) is 16.6. The van der Waals surface area contributed by atoms with E-state index in [4.69, 9.17) is 0 Å². The molecule has 0 amide bonds. The summed E-state index contributed by atoms with van der Waals surface area (Å²) in [6.45, 7) is 0. The molecule has 0 aliphatic heterocycles. The third-order valence-corrected chi connectivity index (χ3v) is 3.19. The van der Waals surface area contributed by atoms with E-state index in [1.165, 1.54) is 12.1 Å². The van der Waals surface area contributed by atoms with Gasteiger partial charge in [0, 0.05) is 32.9 Å². The van der Waals surface area contributed by atoms with Gasteiger partial charge >= 0.3 is 0 Å². The molecule has 3 aromatic carbocycles. The zero-order chi connectivity index (χ0) is 14.8. The molecule has 0 saturated carbocycles. The largest absolute Gasteiger partial charge is 0.206 e. The molecule has 1 radical (unpaired) electrons. The Hall–Kier alpha value is -1.81. The number of hydrogen-bond acceptors (Lipinski definition) is 0. The zero-order valence-electron chi connectivity index (χ0n) is 11.4. The van der Waals surface area contributed by atoms with Crippen molar-refractivity contribution in [3.05, 3.63) is 84.2 Å². The summed E-state index contributed by atoms with van der Waals surface area (Å²) in [6, 6.07) is 18.7. The molecule has 3 aromatic rings. The molecule has 0 saturated heterocycles. The van der Waals surface area contributed by atoms with Crippen molar-refractivity contribution in [1.29, 1.82) is 0 Å². The maximum atomic E-state index is 14.2. The van der Waals surface area contributed by atoms with E-state index in [2.05, 4.69) is 12.1 Å². The quantitative estimate of drug-likeness (QED) is 0.463. The van der Waals surface area contributed by atoms with Crippen LogP contribution in [0.2, 0.25) is 0 Å². The molecule has 0 heterocycles.